The zero-order valence-corrected chi connectivity index (χ0v) is 10.9. The van der Waals surface area contributed by atoms with Crippen LogP contribution in [0.15, 0.2) is 24.3 Å². The zero-order valence-electron chi connectivity index (χ0n) is 10.9. The van der Waals surface area contributed by atoms with E-state index >= 15 is 0 Å². The van der Waals surface area contributed by atoms with Crippen molar-refractivity contribution in [3.8, 4) is 0 Å². The Morgan fingerprint density at radius 1 is 1.38 bits per heavy atom. The lowest BCUT2D eigenvalue weighted by atomic mass is 10.0. The van der Waals surface area contributed by atoms with E-state index in [1.54, 1.807) is 0 Å². The van der Waals surface area contributed by atoms with Crippen LogP contribution in [0.1, 0.15) is 11.1 Å². The second kappa shape index (κ2) is 6.55. The van der Waals surface area contributed by atoms with Crippen LogP contribution in [0.25, 0.3) is 6.08 Å². The van der Waals surface area contributed by atoms with Gasteiger partial charge >= 0.3 is 12.1 Å². The van der Waals surface area contributed by atoms with E-state index in [2.05, 4.69) is 0 Å². The third kappa shape index (κ3) is 5.05. The molecule has 1 aromatic carbocycles. The smallest absolute Gasteiger partial charge is 0.417 e. The maximum absolute atomic E-state index is 12.9. The zero-order chi connectivity index (χ0) is 16.2. The second-order valence-corrected chi connectivity index (χ2v) is 4.21. The third-order valence-corrected chi connectivity index (χ3v) is 2.60. The summed E-state index contributed by atoms with van der Waals surface area (Å²) in [5, 5.41) is 8.45. The van der Waals surface area contributed by atoms with Crippen LogP contribution in [0.4, 0.5) is 27.6 Å². The van der Waals surface area contributed by atoms with Crippen LogP contribution < -0.4 is 4.90 Å². The lowest BCUT2D eigenvalue weighted by Gasteiger charge is -2.21. The van der Waals surface area contributed by atoms with E-state index in [1.807, 2.05) is 0 Å². The van der Waals surface area contributed by atoms with Gasteiger partial charge < -0.3 is 10.0 Å². The monoisotopic (exact) mass is 309 g/mol. The Labute approximate surface area is 117 Å². The van der Waals surface area contributed by atoms with Crippen LogP contribution >= 0.6 is 0 Å². The van der Waals surface area contributed by atoms with Crippen LogP contribution in [0, 0.1) is 0 Å². The molecule has 0 radical (unpaired) electrons. The molecule has 0 aliphatic rings. The molecule has 0 atom stereocenters. The summed E-state index contributed by atoms with van der Waals surface area (Å²) in [6.45, 7) is -0.707. The number of carboxylic acids is 1. The Morgan fingerprint density at radius 2 is 2.00 bits per heavy atom. The summed E-state index contributed by atoms with van der Waals surface area (Å²) in [4.78, 5) is 11.4. The molecular weight excluding hydrogens is 297 g/mol. The van der Waals surface area contributed by atoms with Gasteiger partial charge in [-0.25, -0.2) is 13.6 Å². The summed E-state index contributed by atoms with van der Waals surface area (Å²) in [5.74, 6) is -1.39. The largest absolute Gasteiger partial charge is 0.478 e. The molecule has 0 heterocycles. The SMILES string of the molecule is CN(CC(F)F)c1ccc(/C=C/C(=O)O)c(C(F)(F)F)c1. The van der Waals surface area contributed by atoms with Gasteiger partial charge in [0.15, 0.2) is 0 Å². The molecule has 1 N–H and O–H groups in total. The molecule has 0 fully saturated rings. The molecule has 3 nitrogen and oxygen atoms in total. The summed E-state index contributed by atoms with van der Waals surface area (Å²) in [5.41, 5.74) is -1.46. The molecule has 1 aromatic rings. The molecule has 116 valence electrons. The number of hydrogen-bond acceptors (Lipinski definition) is 2. The van der Waals surface area contributed by atoms with Gasteiger partial charge in [-0.3, -0.25) is 0 Å². The Kier molecular flexibility index (Phi) is 5.28. The minimum atomic E-state index is -4.72. The molecular formula is C13H12F5NO2. The Bertz CT molecular complexity index is 540. The fourth-order valence-electron chi connectivity index (χ4n) is 1.65. The van der Waals surface area contributed by atoms with Crippen molar-refractivity contribution in [2.75, 3.05) is 18.5 Å². The van der Waals surface area contributed by atoms with Gasteiger partial charge in [0.2, 0.25) is 0 Å². The third-order valence-electron chi connectivity index (χ3n) is 2.60. The maximum Gasteiger partial charge on any atom is 0.417 e. The van der Waals surface area contributed by atoms with Crippen molar-refractivity contribution in [1.29, 1.82) is 0 Å². The van der Waals surface area contributed by atoms with Crippen LogP contribution in [-0.4, -0.2) is 31.1 Å². The molecule has 0 spiro atoms. The van der Waals surface area contributed by atoms with E-state index in [4.69, 9.17) is 5.11 Å². The predicted octanol–water partition coefficient (Wildman–Crippen LogP) is 3.50. The van der Waals surface area contributed by atoms with Gasteiger partial charge in [-0.05, 0) is 23.8 Å². The number of anilines is 1. The summed E-state index contributed by atoms with van der Waals surface area (Å²) in [6.07, 6.45) is -6.02. The van der Waals surface area contributed by atoms with E-state index in [0.717, 1.165) is 17.0 Å². The van der Waals surface area contributed by atoms with E-state index in [0.29, 0.717) is 12.1 Å². The molecule has 0 aliphatic heterocycles. The number of carbonyl (C=O) groups is 1. The van der Waals surface area contributed by atoms with Gasteiger partial charge in [0.25, 0.3) is 6.43 Å². The summed E-state index contributed by atoms with van der Waals surface area (Å²) >= 11 is 0. The number of carboxylic acid groups (broad SMARTS) is 1. The lowest BCUT2D eigenvalue weighted by Crippen LogP contribution is -2.24. The number of halogens is 5. The first-order valence-electron chi connectivity index (χ1n) is 5.73. The Hall–Kier alpha value is -2.12. The van der Waals surface area contributed by atoms with Crippen molar-refractivity contribution in [2.45, 2.75) is 12.6 Å². The second-order valence-electron chi connectivity index (χ2n) is 4.21. The fraction of sp³-hybridized carbons (Fsp3) is 0.308. The molecule has 21 heavy (non-hydrogen) atoms. The molecule has 8 heteroatoms. The van der Waals surface area contributed by atoms with Crippen LogP contribution in [-0.2, 0) is 11.0 Å². The number of benzene rings is 1. The standard InChI is InChI=1S/C13H12F5NO2/c1-19(7-11(14)15)9-4-2-8(3-5-12(20)21)10(6-9)13(16,17)18/h2-6,11H,7H2,1H3,(H,20,21)/b5-3+. The number of rotatable bonds is 5. The van der Waals surface area contributed by atoms with Gasteiger partial charge in [0.1, 0.15) is 0 Å². The first-order chi connectivity index (χ1) is 9.61. The van der Waals surface area contributed by atoms with E-state index < -0.39 is 30.7 Å². The van der Waals surface area contributed by atoms with Crippen molar-refractivity contribution in [2.24, 2.45) is 0 Å². The average Bonchev–Trinajstić information content (AvgIpc) is 2.34. The quantitative estimate of drug-likeness (QED) is 0.668. The van der Waals surface area contributed by atoms with Crippen LogP contribution in [0.2, 0.25) is 0 Å². The number of alkyl halides is 5. The highest BCUT2D eigenvalue weighted by Gasteiger charge is 2.33. The van der Waals surface area contributed by atoms with Crippen molar-refractivity contribution >= 4 is 17.7 Å². The number of aliphatic carboxylic acids is 1. The van der Waals surface area contributed by atoms with Gasteiger partial charge in [0.05, 0.1) is 12.1 Å². The highest BCUT2D eigenvalue weighted by atomic mass is 19.4. The van der Waals surface area contributed by atoms with Gasteiger partial charge in [-0.1, -0.05) is 6.07 Å². The summed E-state index contributed by atoms with van der Waals surface area (Å²) in [6, 6.07) is 2.97. The Morgan fingerprint density at radius 3 is 2.48 bits per heavy atom. The molecule has 0 amide bonds. The fourth-order valence-corrected chi connectivity index (χ4v) is 1.65. The van der Waals surface area contributed by atoms with Crippen molar-refractivity contribution < 1.29 is 31.9 Å². The average molecular weight is 309 g/mol. The van der Waals surface area contributed by atoms with Crippen molar-refractivity contribution in [3.63, 3.8) is 0 Å². The molecule has 0 aromatic heterocycles. The highest BCUT2D eigenvalue weighted by Crippen LogP contribution is 2.35. The molecule has 1 rings (SSSR count). The van der Waals surface area contributed by atoms with Gasteiger partial charge in [0, 0.05) is 18.8 Å². The molecule has 0 saturated heterocycles. The first kappa shape index (κ1) is 16.9. The van der Waals surface area contributed by atoms with Crippen molar-refractivity contribution in [1.82, 2.24) is 0 Å². The predicted molar refractivity (Wildman–Crippen MR) is 67.4 cm³/mol. The number of hydrogen-bond donors (Lipinski definition) is 1. The van der Waals surface area contributed by atoms with Crippen LogP contribution in [0.3, 0.4) is 0 Å². The van der Waals surface area contributed by atoms with Crippen LogP contribution in [0.5, 0.6) is 0 Å². The summed E-state index contributed by atoms with van der Waals surface area (Å²) < 4.78 is 63.3. The molecule has 0 unspecified atom stereocenters. The summed E-state index contributed by atoms with van der Waals surface area (Å²) in [7, 11) is 1.24. The minimum Gasteiger partial charge on any atom is -0.478 e. The molecule has 0 bridgehead atoms. The molecule has 0 saturated carbocycles. The topological polar surface area (TPSA) is 40.5 Å². The van der Waals surface area contributed by atoms with E-state index in [9.17, 15) is 26.7 Å². The van der Waals surface area contributed by atoms with Gasteiger partial charge in [-0.2, -0.15) is 13.2 Å². The maximum atomic E-state index is 12.9. The van der Waals surface area contributed by atoms with Gasteiger partial charge in [-0.15, -0.1) is 0 Å². The van der Waals surface area contributed by atoms with E-state index in [1.165, 1.54) is 13.1 Å². The van der Waals surface area contributed by atoms with E-state index in [-0.39, 0.29) is 11.3 Å². The first-order valence-corrected chi connectivity index (χ1v) is 5.73. The number of nitrogens with zero attached hydrogens (tertiary/aromatic N) is 1. The molecule has 0 aliphatic carbocycles. The van der Waals surface area contributed by atoms with Crippen molar-refractivity contribution in [3.05, 3.63) is 35.4 Å². The normalized spacial score (nSPS) is 12.1. The minimum absolute atomic E-state index is 0.0323. The highest BCUT2D eigenvalue weighted by molar-refractivity contribution is 5.85. The lowest BCUT2D eigenvalue weighted by molar-refractivity contribution is -0.137. The Balaban J connectivity index is 3.22.